The molecule has 0 bridgehead atoms. The van der Waals surface area contributed by atoms with E-state index in [0.29, 0.717) is 18.8 Å². The summed E-state index contributed by atoms with van der Waals surface area (Å²) in [4.78, 5) is 1.54. The molecule has 0 aliphatic carbocycles. The van der Waals surface area contributed by atoms with Crippen LogP contribution in [0.4, 0.5) is 0 Å². The summed E-state index contributed by atoms with van der Waals surface area (Å²) in [5, 5.41) is 0. The van der Waals surface area contributed by atoms with Crippen LogP contribution in [0.3, 0.4) is 0 Å². The van der Waals surface area contributed by atoms with E-state index in [1.54, 1.807) is 0 Å². The van der Waals surface area contributed by atoms with Crippen molar-refractivity contribution in [3.8, 4) is 17.2 Å². The molecule has 1 heterocycles. The van der Waals surface area contributed by atoms with Crippen LogP contribution in [0.25, 0.3) is 0 Å². The molecule has 2 aromatic carbocycles. The van der Waals surface area contributed by atoms with Gasteiger partial charge in [0.05, 0.1) is 0 Å². The molecule has 0 spiro atoms. The fraction of sp³-hybridized carbons (Fsp3) is 0.400. The van der Waals surface area contributed by atoms with E-state index in [2.05, 4.69) is 13.8 Å². The van der Waals surface area contributed by atoms with Crippen LogP contribution in [0, 0.1) is 0 Å². The Kier molecular flexibility index (Phi) is 5.72. The molecule has 2 aromatic rings. The van der Waals surface area contributed by atoms with Crippen LogP contribution in [0.15, 0.2) is 54.6 Å². The van der Waals surface area contributed by atoms with E-state index in [1.807, 2.05) is 54.6 Å². The quantitative estimate of drug-likeness (QED) is 0.884. The van der Waals surface area contributed by atoms with Gasteiger partial charge in [0.15, 0.2) is 0 Å². The largest absolute Gasteiger partial charge is 0.488 e. The van der Waals surface area contributed by atoms with Gasteiger partial charge in [0.2, 0.25) is 0 Å². The number of nitrogens with one attached hydrogen (secondary N) is 1. The number of para-hydroxylation sites is 1. The monoisotopic (exact) mass is 328 g/mol. The molecular weight excluding hydrogens is 302 g/mol. The number of benzene rings is 2. The number of quaternary nitrogens is 1. The molecule has 0 amide bonds. The average molecular weight is 328 g/mol. The minimum Gasteiger partial charge on any atom is -0.488 e. The van der Waals surface area contributed by atoms with Gasteiger partial charge in [-0.25, -0.2) is 0 Å². The summed E-state index contributed by atoms with van der Waals surface area (Å²) < 4.78 is 17.5. The maximum atomic E-state index is 5.92. The zero-order valence-electron chi connectivity index (χ0n) is 14.4. The lowest BCUT2D eigenvalue weighted by Gasteiger charge is -2.32. The van der Waals surface area contributed by atoms with Crippen molar-refractivity contribution >= 4 is 0 Å². The third-order valence-electron chi connectivity index (χ3n) is 4.13. The van der Waals surface area contributed by atoms with Crippen LogP contribution in [-0.2, 0) is 4.74 Å². The molecule has 24 heavy (non-hydrogen) atoms. The van der Waals surface area contributed by atoms with E-state index >= 15 is 0 Å². The highest BCUT2D eigenvalue weighted by Crippen LogP contribution is 2.24. The fourth-order valence-electron chi connectivity index (χ4n) is 3.16. The van der Waals surface area contributed by atoms with Gasteiger partial charge in [0.25, 0.3) is 0 Å². The Morgan fingerprint density at radius 2 is 1.58 bits per heavy atom. The van der Waals surface area contributed by atoms with Crippen LogP contribution in [-0.4, -0.2) is 38.4 Å². The van der Waals surface area contributed by atoms with Crippen LogP contribution in [0.2, 0.25) is 0 Å². The van der Waals surface area contributed by atoms with Gasteiger partial charge in [-0.05, 0) is 38.1 Å². The van der Waals surface area contributed by atoms with Crippen molar-refractivity contribution in [3.63, 3.8) is 0 Å². The van der Waals surface area contributed by atoms with Gasteiger partial charge in [0, 0.05) is 6.07 Å². The van der Waals surface area contributed by atoms with Gasteiger partial charge < -0.3 is 19.1 Å². The van der Waals surface area contributed by atoms with E-state index < -0.39 is 0 Å². The van der Waals surface area contributed by atoms with Crippen LogP contribution in [0.1, 0.15) is 13.8 Å². The van der Waals surface area contributed by atoms with Crippen LogP contribution >= 0.6 is 0 Å². The smallest absolute Gasteiger partial charge is 0.137 e. The van der Waals surface area contributed by atoms with Crippen molar-refractivity contribution in [2.75, 3.05) is 26.2 Å². The third-order valence-corrected chi connectivity index (χ3v) is 4.13. The third kappa shape index (κ3) is 4.98. The molecule has 1 N–H and O–H groups in total. The maximum Gasteiger partial charge on any atom is 0.137 e. The molecule has 128 valence electrons. The molecule has 1 aliphatic heterocycles. The number of hydrogen-bond donors (Lipinski definition) is 1. The summed E-state index contributed by atoms with van der Waals surface area (Å²) in [5.74, 6) is 2.47. The topological polar surface area (TPSA) is 32.1 Å². The highest BCUT2D eigenvalue weighted by atomic mass is 16.5. The first-order valence-electron chi connectivity index (χ1n) is 8.64. The maximum absolute atomic E-state index is 5.92. The summed E-state index contributed by atoms with van der Waals surface area (Å²) in [6.07, 6.45) is 0.651. The highest BCUT2D eigenvalue weighted by molar-refractivity contribution is 5.36. The molecule has 0 aromatic heterocycles. The Bertz CT molecular complexity index is 622. The molecule has 1 fully saturated rings. The molecular formula is C20H26NO3+. The van der Waals surface area contributed by atoms with E-state index in [1.165, 1.54) is 4.90 Å². The van der Waals surface area contributed by atoms with Crippen LogP contribution in [0.5, 0.6) is 17.2 Å². The molecule has 4 heteroatoms. The lowest BCUT2D eigenvalue weighted by atomic mass is 10.2. The van der Waals surface area contributed by atoms with E-state index in [9.17, 15) is 0 Å². The molecule has 0 radical (unpaired) electrons. The first kappa shape index (κ1) is 16.8. The number of hydrogen-bond acceptors (Lipinski definition) is 3. The summed E-state index contributed by atoms with van der Waals surface area (Å²) in [5.41, 5.74) is 0. The second-order valence-electron chi connectivity index (χ2n) is 6.40. The van der Waals surface area contributed by atoms with Crippen molar-refractivity contribution in [2.45, 2.75) is 26.1 Å². The Morgan fingerprint density at radius 1 is 0.917 bits per heavy atom. The highest BCUT2D eigenvalue weighted by Gasteiger charge is 2.25. The number of morpholine rings is 1. The van der Waals surface area contributed by atoms with Crippen molar-refractivity contribution in [3.05, 3.63) is 54.6 Å². The van der Waals surface area contributed by atoms with Crippen molar-refractivity contribution in [2.24, 2.45) is 0 Å². The first-order chi connectivity index (χ1) is 11.7. The number of rotatable bonds is 6. The Balaban J connectivity index is 1.50. The fourth-order valence-corrected chi connectivity index (χ4v) is 3.16. The Hall–Kier alpha value is -2.04. The average Bonchev–Trinajstić information content (AvgIpc) is 2.55. The van der Waals surface area contributed by atoms with Gasteiger partial charge >= 0.3 is 0 Å². The molecule has 4 nitrogen and oxygen atoms in total. The van der Waals surface area contributed by atoms with Crippen molar-refractivity contribution in [1.29, 1.82) is 0 Å². The zero-order valence-corrected chi connectivity index (χ0v) is 14.4. The molecule has 2 atom stereocenters. The summed E-state index contributed by atoms with van der Waals surface area (Å²) in [6, 6.07) is 17.6. The molecule has 1 saturated heterocycles. The lowest BCUT2D eigenvalue weighted by Crippen LogP contribution is -3.16. The Morgan fingerprint density at radius 3 is 2.33 bits per heavy atom. The van der Waals surface area contributed by atoms with E-state index in [4.69, 9.17) is 14.2 Å². The minimum absolute atomic E-state index is 0.325. The van der Waals surface area contributed by atoms with Crippen molar-refractivity contribution in [1.82, 2.24) is 0 Å². The van der Waals surface area contributed by atoms with Gasteiger partial charge in [-0.2, -0.15) is 0 Å². The second kappa shape index (κ2) is 8.18. The first-order valence-corrected chi connectivity index (χ1v) is 8.64. The summed E-state index contributed by atoms with van der Waals surface area (Å²) in [6.45, 7) is 8.06. The molecule has 0 saturated carbocycles. The van der Waals surface area contributed by atoms with Gasteiger partial charge in [-0.1, -0.05) is 24.3 Å². The normalized spacial score (nSPS) is 23.7. The van der Waals surface area contributed by atoms with Gasteiger partial charge in [-0.15, -0.1) is 0 Å². The van der Waals surface area contributed by atoms with Crippen LogP contribution < -0.4 is 14.4 Å². The molecule has 1 aliphatic rings. The van der Waals surface area contributed by atoms with E-state index in [0.717, 1.165) is 36.9 Å². The minimum atomic E-state index is 0.325. The molecule has 3 rings (SSSR count). The standard InChI is InChI=1S/C20H25NO3/c1-16-14-21(15-17(2)23-16)11-12-22-19-9-6-10-20(13-19)24-18-7-4-3-5-8-18/h3-10,13,16-17H,11-12,14-15H2,1-2H3/p+1/t16-,17-/m0/s1. The predicted octanol–water partition coefficient (Wildman–Crippen LogP) is 2.55. The van der Waals surface area contributed by atoms with E-state index in [-0.39, 0.29) is 0 Å². The van der Waals surface area contributed by atoms with Crippen molar-refractivity contribution < 1.29 is 19.1 Å². The molecule has 0 unspecified atom stereocenters. The summed E-state index contributed by atoms with van der Waals surface area (Å²) >= 11 is 0. The van der Waals surface area contributed by atoms with Gasteiger partial charge in [-0.3, -0.25) is 0 Å². The zero-order chi connectivity index (χ0) is 16.8. The lowest BCUT2D eigenvalue weighted by molar-refractivity contribution is -0.915. The second-order valence-corrected chi connectivity index (χ2v) is 6.40. The predicted molar refractivity (Wildman–Crippen MR) is 94.0 cm³/mol. The number of ether oxygens (including phenoxy) is 3. The summed E-state index contributed by atoms with van der Waals surface area (Å²) in [7, 11) is 0. The van der Waals surface area contributed by atoms with Gasteiger partial charge in [0.1, 0.15) is 55.7 Å². The SMILES string of the molecule is C[C@H]1C[NH+](CCOc2cccc(Oc3ccccc3)c2)C[C@H](C)O1. The Labute approximate surface area is 144 Å².